The summed E-state index contributed by atoms with van der Waals surface area (Å²) < 4.78 is 39.0. The van der Waals surface area contributed by atoms with Crippen molar-refractivity contribution in [1.82, 2.24) is 19.7 Å². The smallest absolute Gasteiger partial charge is 0.281 e. The average Bonchev–Trinajstić information content (AvgIpc) is 3.13. The lowest BCUT2D eigenvalue weighted by Gasteiger charge is -2.05. The Bertz CT molecular complexity index is 848. The number of hydrogen-bond donors (Lipinski definition) is 1. The fourth-order valence-electron chi connectivity index (χ4n) is 2.04. The van der Waals surface area contributed by atoms with E-state index >= 15 is 0 Å². The first kappa shape index (κ1) is 15.5. The largest absolute Gasteiger partial charge is 0.433 e. The number of H-pyrrole nitrogens is 1. The van der Waals surface area contributed by atoms with Gasteiger partial charge in [0.1, 0.15) is 12.0 Å². The van der Waals surface area contributed by atoms with Crippen LogP contribution < -0.4 is 5.69 Å². The van der Waals surface area contributed by atoms with E-state index in [1.807, 2.05) is 12.1 Å². The first-order chi connectivity index (χ1) is 10.9. The zero-order chi connectivity index (χ0) is 16.4. The molecule has 0 aliphatic rings. The summed E-state index contributed by atoms with van der Waals surface area (Å²) in [5, 5.41) is 5.96. The van der Waals surface area contributed by atoms with Gasteiger partial charge in [0.15, 0.2) is 0 Å². The van der Waals surface area contributed by atoms with Crippen molar-refractivity contribution >= 4 is 11.3 Å². The van der Waals surface area contributed by atoms with Crippen LogP contribution in [-0.4, -0.2) is 19.7 Å². The number of pyridine rings is 1. The fourth-order valence-corrected chi connectivity index (χ4v) is 3.02. The lowest BCUT2D eigenvalue weighted by molar-refractivity contribution is -0.141. The second kappa shape index (κ2) is 5.99. The highest BCUT2D eigenvalue weighted by molar-refractivity contribution is 7.15. The lowest BCUT2D eigenvalue weighted by atomic mass is 10.2. The number of halogens is 3. The topological polar surface area (TPSA) is 63.6 Å². The molecule has 0 radical (unpaired) electrons. The van der Waals surface area contributed by atoms with Gasteiger partial charge in [-0.25, -0.2) is 9.89 Å². The van der Waals surface area contributed by atoms with Crippen LogP contribution in [0.3, 0.4) is 0 Å². The second-order valence-corrected chi connectivity index (χ2v) is 5.97. The minimum absolute atomic E-state index is 0.270. The lowest BCUT2D eigenvalue weighted by Crippen LogP contribution is -2.17. The zero-order valence-corrected chi connectivity index (χ0v) is 12.5. The molecule has 9 heteroatoms. The van der Waals surface area contributed by atoms with Gasteiger partial charge in [-0.3, -0.25) is 9.55 Å². The molecule has 0 atom stereocenters. The molecule has 1 N–H and O–H groups in total. The van der Waals surface area contributed by atoms with Crippen LogP contribution in [0.4, 0.5) is 13.2 Å². The molecule has 23 heavy (non-hydrogen) atoms. The zero-order valence-electron chi connectivity index (χ0n) is 11.7. The quantitative estimate of drug-likeness (QED) is 0.794. The Kier molecular flexibility index (Phi) is 4.03. The number of alkyl halides is 3. The molecule has 0 saturated heterocycles. The Morgan fingerprint density at radius 1 is 1.22 bits per heavy atom. The fraction of sp³-hybridized carbons (Fsp3) is 0.214. The van der Waals surface area contributed by atoms with Gasteiger partial charge in [-0.05, 0) is 30.7 Å². The number of thiophene rings is 1. The van der Waals surface area contributed by atoms with Crippen molar-refractivity contribution in [2.45, 2.75) is 19.1 Å². The monoisotopic (exact) mass is 340 g/mol. The molecule has 0 aliphatic heterocycles. The number of aromatic nitrogens is 4. The molecule has 0 amide bonds. The van der Waals surface area contributed by atoms with Crippen molar-refractivity contribution < 1.29 is 13.2 Å². The van der Waals surface area contributed by atoms with Crippen LogP contribution in [0.25, 0.3) is 10.4 Å². The third-order valence-corrected chi connectivity index (χ3v) is 4.41. The Morgan fingerprint density at radius 3 is 2.65 bits per heavy atom. The van der Waals surface area contributed by atoms with Crippen molar-refractivity contribution in [3.8, 4) is 10.4 Å². The van der Waals surface area contributed by atoms with Crippen LogP contribution in [0.1, 0.15) is 10.6 Å². The number of aromatic amines is 1. The molecule has 0 unspecified atom stereocenters. The van der Waals surface area contributed by atoms with E-state index in [9.17, 15) is 18.0 Å². The second-order valence-electron chi connectivity index (χ2n) is 4.80. The normalized spacial score (nSPS) is 11.8. The van der Waals surface area contributed by atoms with E-state index in [0.29, 0.717) is 18.5 Å². The van der Waals surface area contributed by atoms with Gasteiger partial charge in [-0.2, -0.15) is 18.3 Å². The van der Waals surface area contributed by atoms with Crippen molar-refractivity contribution in [3.63, 3.8) is 0 Å². The van der Waals surface area contributed by atoms with E-state index < -0.39 is 11.9 Å². The van der Waals surface area contributed by atoms with Gasteiger partial charge in [0.25, 0.3) is 0 Å². The Balaban J connectivity index is 1.71. The van der Waals surface area contributed by atoms with Gasteiger partial charge >= 0.3 is 11.9 Å². The Labute approximate surface area is 132 Å². The third-order valence-electron chi connectivity index (χ3n) is 3.22. The van der Waals surface area contributed by atoms with Gasteiger partial charge in [0, 0.05) is 28.1 Å². The molecular formula is C14H11F3N4OS. The van der Waals surface area contributed by atoms with Gasteiger partial charge in [-0.1, -0.05) is 0 Å². The molecule has 3 aromatic rings. The van der Waals surface area contributed by atoms with Crippen molar-refractivity contribution in [3.05, 3.63) is 57.8 Å². The molecule has 0 bridgehead atoms. The van der Waals surface area contributed by atoms with E-state index in [1.54, 1.807) is 0 Å². The molecule has 0 aliphatic carbocycles. The SMILES string of the molecule is O=c1[nH]ncn1CCc1ccc(-c2ccc(C(F)(F)F)nc2)s1. The molecule has 3 rings (SSSR count). The predicted molar refractivity (Wildman–Crippen MR) is 79.1 cm³/mol. The average molecular weight is 340 g/mol. The molecule has 3 heterocycles. The Morgan fingerprint density at radius 2 is 2.04 bits per heavy atom. The van der Waals surface area contributed by atoms with Gasteiger partial charge < -0.3 is 0 Å². The predicted octanol–water partition coefficient (Wildman–Crippen LogP) is 2.96. The molecular weight excluding hydrogens is 329 g/mol. The summed E-state index contributed by atoms with van der Waals surface area (Å²) in [5.41, 5.74) is -0.541. The van der Waals surface area contributed by atoms with Crippen LogP contribution in [0.15, 0.2) is 41.6 Å². The minimum atomic E-state index is -4.43. The van der Waals surface area contributed by atoms with Crippen molar-refractivity contribution in [1.29, 1.82) is 0 Å². The maximum absolute atomic E-state index is 12.5. The number of hydrogen-bond acceptors (Lipinski definition) is 4. The maximum atomic E-state index is 12.5. The van der Waals surface area contributed by atoms with Crippen LogP contribution in [0, 0.1) is 0 Å². The highest BCUT2D eigenvalue weighted by Gasteiger charge is 2.32. The van der Waals surface area contributed by atoms with Gasteiger partial charge in [0.2, 0.25) is 0 Å². The third kappa shape index (κ3) is 3.50. The highest BCUT2D eigenvalue weighted by Crippen LogP contribution is 2.31. The van der Waals surface area contributed by atoms with E-state index in [1.165, 1.54) is 34.5 Å². The number of rotatable bonds is 4. The summed E-state index contributed by atoms with van der Waals surface area (Å²) in [6.07, 6.45) is -1.15. The molecule has 0 aromatic carbocycles. The summed E-state index contributed by atoms with van der Waals surface area (Å²) in [6, 6.07) is 6.11. The minimum Gasteiger partial charge on any atom is -0.281 e. The molecule has 0 fully saturated rings. The van der Waals surface area contributed by atoms with E-state index in [0.717, 1.165) is 15.8 Å². The molecule has 0 saturated carbocycles. The molecule has 0 spiro atoms. The summed E-state index contributed by atoms with van der Waals surface area (Å²) in [5.74, 6) is 0. The van der Waals surface area contributed by atoms with Crippen LogP contribution in [-0.2, 0) is 19.1 Å². The molecule has 120 valence electrons. The van der Waals surface area contributed by atoms with Gasteiger partial charge in [-0.15, -0.1) is 11.3 Å². The number of aryl methyl sites for hydroxylation is 2. The number of nitrogens with one attached hydrogen (secondary N) is 1. The molecule has 5 nitrogen and oxygen atoms in total. The highest BCUT2D eigenvalue weighted by atomic mass is 32.1. The maximum Gasteiger partial charge on any atom is 0.433 e. The van der Waals surface area contributed by atoms with Crippen LogP contribution in [0.2, 0.25) is 0 Å². The standard InChI is InChI=1S/C14H11F3N4OS/c15-14(16,17)12-4-1-9(7-18-12)11-3-2-10(23-11)5-6-21-8-19-20-13(21)22/h1-4,7-8H,5-6H2,(H,20,22). The molecule has 3 aromatic heterocycles. The summed E-state index contributed by atoms with van der Waals surface area (Å²) >= 11 is 1.46. The van der Waals surface area contributed by atoms with Crippen molar-refractivity contribution in [2.75, 3.05) is 0 Å². The first-order valence-corrected chi connectivity index (χ1v) is 7.47. The Hall–Kier alpha value is -2.42. The van der Waals surface area contributed by atoms with Gasteiger partial charge in [0.05, 0.1) is 0 Å². The van der Waals surface area contributed by atoms with Crippen molar-refractivity contribution in [2.24, 2.45) is 0 Å². The summed E-state index contributed by atoms with van der Waals surface area (Å²) in [6.45, 7) is 0.487. The van der Waals surface area contributed by atoms with Crippen LogP contribution in [0.5, 0.6) is 0 Å². The van der Waals surface area contributed by atoms with E-state index in [2.05, 4.69) is 15.2 Å². The summed E-state index contributed by atoms with van der Waals surface area (Å²) in [4.78, 5) is 16.6. The number of nitrogens with zero attached hydrogens (tertiary/aromatic N) is 3. The van der Waals surface area contributed by atoms with E-state index in [-0.39, 0.29) is 5.69 Å². The van der Waals surface area contributed by atoms with Crippen LogP contribution >= 0.6 is 11.3 Å². The first-order valence-electron chi connectivity index (χ1n) is 6.65. The van der Waals surface area contributed by atoms with E-state index in [4.69, 9.17) is 0 Å². The summed E-state index contributed by atoms with van der Waals surface area (Å²) in [7, 11) is 0.